The number of hydrogen-bond acceptors (Lipinski definition) is 17. The summed E-state index contributed by atoms with van der Waals surface area (Å²) in [6.07, 6.45) is -12.9. The van der Waals surface area contributed by atoms with Gasteiger partial charge in [-0.1, -0.05) is 150 Å². The first-order chi connectivity index (χ1) is 35.0. The van der Waals surface area contributed by atoms with Crippen molar-refractivity contribution < 1.29 is 53.2 Å². The minimum atomic E-state index is -2.39. The summed E-state index contributed by atoms with van der Waals surface area (Å²) in [6, 6.07) is 26.6. The van der Waals surface area contributed by atoms with E-state index in [-0.39, 0.29) is 26.4 Å². The molecule has 1 aliphatic carbocycles. The minimum Gasteiger partial charge on any atom is -0.390 e. The fourth-order valence-corrected chi connectivity index (χ4v) is 9.09. The van der Waals surface area contributed by atoms with Crippen LogP contribution in [0.2, 0.25) is 0 Å². The van der Waals surface area contributed by atoms with Gasteiger partial charge in [0.1, 0.15) is 66.2 Å². The van der Waals surface area contributed by atoms with Gasteiger partial charge in [0.15, 0.2) is 12.6 Å². The van der Waals surface area contributed by atoms with Gasteiger partial charge in [-0.3, -0.25) is 0 Å². The van der Waals surface area contributed by atoms with E-state index in [1.165, 1.54) is 0 Å². The Labute approximate surface area is 416 Å². The van der Waals surface area contributed by atoms with Gasteiger partial charge in [-0.05, 0) is 45.2 Å². The molecule has 0 spiro atoms. The Morgan fingerprint density at radius 2 is 1.10 bits per heavy atom. The molecule has 25 nitrogen and oxygen atoms in total. The van der Waals surface area contributed by atoms with Crippen LogP contribution in [-0.2, 0) is 57.7 Å². The summed E-state index contributed by atoms with van der Waals surface area (Å²) in [5.41, 5.74) is 49.7. The van der Waals surface area contributed by atoms with Gasteiger partial charge in [0, 0.05) is 32.7 Å². The smallest absolute Gasteiger partial charge is 0.187 e. The highest BCUT2D eigenvalue weighted by molar-refractivity contribution is 5.17. The normalized spacial score (nSPS) is 32.3. The van der Waals surface area contributed by atoms with Crippen molar-refractivity contribution in [1.29, 1.82) is 0 Å². The molecule has 388 valence electrons. The molecule has 7 N–H and O–H groups in total. The SMILES string of the molecule is CCCCCCCCOC[C@H]1O[C@H](O[C@@H]2[C@@H](O)[C@H](O[C@H]3O[C@H](CN=[N+]=[N-])[C@@H](O)[C@H](O)[C@H]3N=[N+]=[N-])[C@](N)(N=[N+]=[N-])C[C@]2(N)N=[N+]=[N-])[C@H](OCc2ccccc2)[C@@H](OCc2ccccc2)[C@@H]1OCc1ccccc1. The van der Waals surface area contributed by atoms with E-state index in [2.05, 4.69) is 47.0 Å². The molecule has 15 atom stereocenters. The lowest BCUT2D eigenvalue weighted by atomic mass is 9.76. The zero-order chi connectivity index (χ0) is 51.4. The molecule has 2 heterocycles. The highest BCUT2D eigenvalue weighted by Crippen LogP contribution is 2.43. The van der Waals surface area contributed by atoms with Gasteiger partial charge in [0.25, 0.3) is 0 Å². The van der Waals surface area contributed by atoms with Crippen LogP contribution in [0.3, 0.4) is 0 Å². The van der Waals surface area contributed by atoms with Gasteiger partial charge < -0.3 is 64.7 Å². The summed E-state index contributed by atoms with van der Waals surface area (Å²) in [7, 11) is 0. The molecule has 3 fully saturated rings. The summed E-state index contributed by atoms with van der Waals surface area (Å²) in [5, 5.41) is 49.1. The van der Waals surface area contributed by atoms with Gasteiger partial charge >= 0.3 is 0 Å². The predicted octanol–water partition coefficient (Wildman–Crippen LogP) is 6.75. The van der Waals surface area contributed by atoms with Crippen molar-refractivity contribution in [3.63, 3.8) is 0 Å². The van der Waals surface area contributed by atoms with E-state index in [4.69, 9.17) is 54.9 Å². The Balaban J connectivity index is 1.42. The Morgan fingerprint density at radius 1 is 0.597 bits per heavy atom. The number of hydrogen-bond donors (Lipinski definition) is 5. The van der Waals surface area contributed by atoms with E-state index in [9.17, 15) is 31.9 Å². The summed E-state index contributed by atoms with van der Waals surface area (Å²) in [4.78, 5) is 11.3. The fourth-order valence-electron chi connectivity index (χ4n) is 9.09. The van der Waals surface area contributed by atoms with Crippen LogP contribution in [0.15, 0.2) is 111 Å². The monoisotopic (exact) mass is 1000 g/mol. The molecule has 3 aromatic rings. The van der Waals surface area contributed by atoms with E-state index >= 15 is 0 Å². The molecule has 0 unspecified atom stereocenters. The lowest BCUT2D eigenvalue weighted by Crippen LogP contribution is -2.75. The van der Waals surface area contributed by atoms with Crippen LogP contribution >= 0.6 is 0 Å². The Hall–Kier alpha value is -5.62. The topological polar surface area (TPSA) is 382 Å². The van der Waals surface area contributed by atoms with Gasteiger partial charge in [0.2, 0.25) is 0 Å². The van der Waals surface area contributed by atoms with Crippen LogP contribution in [0.4, 0.5) is 0 Å². The first-order valence-corrected chi connectivity index (χ1v) is 23.9. The molecule has 0 radical (unpaired) electrons. The Kier molecular flexibility index (Phi) is 21.7. The maximum atomic E-state index is 12.6. The van der Waals surface area contributed by atoms with Crippen molar-refractivity contribution in [3.8, 4) is 0 Å². The average molecular weight is 1000 g/mol. The van der Waals surface area contributed by atoms with Crippen molar-refractivity contribution in [3.05, 3.63) is 149 Å². The number of nitrogens with zero attached hydrogens (tertiary/aromatic N) is 12. The van der Waals surface area contributed by atoms with E-state index < -0.39 is 104 Å². The van der Waals surface area contributed by atoms with Crippen LogP contribution in [0.1, 0.15) is 68.6 Å². The first kappa shape index (κ1) is 55.7. The zero-order valence-electron chi connectivity index (χ0n) is 40.0. The van der Waals surface area contributed by atoms with Gasteiger partial charge in [0.05, 0.1) is 45.2 Å². The molecular weight excluding hydrogens is 937 g/mol. The van der Waals surface area contributed by atoms with Crippen molar-refractivity contribution in [1.82, 2.24) is 0 Å². The second kappa shape index (κ2) is 28.0. The van der Waals surface area contributed by atoms with Gasteiger partial charge in [-0.25, -0.2) is 0 Å². The average Bonchev–Trinajstić information content (AvgIpc) is 3.38. The molecule has 0 aromatic heterocycles. The number of unbranched alkanes of at least 4 members (excludes halogenated alkanes) is 5. The van der Waals surface area contributed by atoms with E-state index in [0.29, 0.717) is 6.61 Å². The maximum Gasteiger partial charge on any atom is 0.187 e. The number of aliphatic hydroxyl groups excluding tert-OH is 3. The predicted molar refractivity (Wildman–Crippen MR) is 258 cm³/mol. The van der Waals surface area contributed by atoms with Crippen LogP contribution in [-0.4, -0.2) is 126 Å². The Bertz CT molecular complexity index is 2310. The lowest BCUT2D eigenvalue weighted by molar-refractivity contribution is -0.355. The maximum absolute atomic E-state index is 12.6. The van der Waals surface area contributed by atoms with E-state index in [1.807, 2.05) is 91.0 Å². The summed E-state index contributed by atoms with van der Waals surface area (Å²) in [6.45, 7) is 2.26. The molecular formula is C47H64N14O11. The largest absolute Gasteiger partial charge is 0.390 e. The van der Waals surface area contributed by atoms with Crippen LogP contribution < -0.4 is 11.5 Å². The summed E-state index contributed by atoms with van der Waals surface area (Å²) >= 11 is 0. The standard InChI is InChI=1S/C47H64N14O11/c1-2-3-4-5-6-16-23-65-28-34-39(66-25-30-17-10-7-11-18-30)40(67-26-31-19-12-8-13-20-31)41(68-27-32-21-14-9-15-22-32)45(70-34)72-43-38(64)42(46(48,56-60-52)29-47(43,49)57-61-53)71-44-35(55-59-51)37(63)36(62)33(69-44)24-54-58-50/h7-15,17-22,33-45,62-64H,2-6,16,23-29,48-49H2,1H3/t33-,34-,35-,36-,37-,38+,39-,40+,41-,42+,43-,44-,45-,46-,47+/m1/s1. The van der Waals surface area contributed by atoms with Crippen LogP contribution in [0.25, 0.3) is 41.8 Å². The number of azide groups is 4. The van der Waals surface area contributed by atoms with E-state index in [0.717, 1.165) is 55.2 Å². The number of nitrogens with two attached hydrogens (primary N) is 2. The van der Waals surface area contributed by atoms with Gasteiger partial charge in [-0.2, -0.15) is 0 Å². The highest BCUT2D eigenvalue weighted by Gasteiger charge is 2.62. The Morgan fingerprint density at radius 3 is 1.62 bits per heavy atom. The second-order valence-corrected chi connectivity index (χ2v) is 17.9. The fraction of sp³-hybridized carbons (Fsp3) is 0.617. The van der Waals surface area contributed by atoms with E-state index in [1.54, 1.807) is 0 Å². The third-order valence-electron chi connectivity index (χ3n) is 12.7. The molecule has 0 bridgehead atoms. The summed E-state index contributed by atoms with van der Waals surface area (Å²) < 4.78 is 52.4. The third kappa shape index (κ3) is 14.8. The van der Waals surface area contributed by atoms with Crippen molar-refractivity contribution >= 4 is 0 Å². The van der Waals surface area contributed by atoms with Crippen molar-refractivity contribution in [2.45, 2.75) is 163 Å². The number of aliphatic hydroxyl groups is 3. The number of benzene rings is 3. The molecule has 1 saturated carbocycles. The molecule has 3 aliphatic rings. The molecule has 6 rings (SSSR count). The quantitative estimate of drug-likeness (QED) is 0.0229. The third-order valence-corrected chi connectivity index (χ3v) is 12.7. The molecule has 25 heteroatoms. The van der Waals surface area contributed by atoms with Gasteiger partial charge in [-0.15, -0.1) is 0 Å². The molecule has 2 saturated heterocycles. The molecule has 0 amide bonds. The zero-order valence-corrected chi connectivity index (χ0v) is 40.0. The first-order valence-electron chi connectivity index (χ1n) is 23.9. The van der Waals surface area contributed by atoms with Crippen LogP contribution in [0, 0.1) is 0 Å². The second-order valence-electron chi connectivity index (χ2n) is 17.9. The van der Waals surface area contributed by atoms with Crippen molar-refractivity contribution in [2.75, 3.05) is 19.8 Å². The summed E-state index contributed by atoms with van der Waals surface area (Å²) in [5.74, 6) is 0. The lowest BCUT2D eigenvalue weighted by Gasteiger charge is -2.54. The van der Waals surface area contributed by atoms with Crippen molar-refractivity contribution in [2.24, 2.45) is 31.9 Å². The molecule has 3 aromatic carbocycles. The van der Waals surface area contributed by atoms with Crippen LogP contribution in [0.5, 0.6) is 0 Å². The number of rotatable bonds is 27. The number of ether oxygens (including phenoxy) is 8. The minimum absolute atomic E-state index is 0.00139. The molecule has 72 heavy (non-hydrogen) atoms. The highest BCUT2D eigenvalue weighted by atomic mass is 16.7. The molecule has 2 aliphatic heterocycles.